The van der Waals surface area contributed by atoms with E-state index in [4.69, 9.17) is 46.4 Å². The molecule has 2 aliphatic heterocycles. The molecule has 4 nitrogen and oxygen atoms in total. The van der Waals surface area contributed by atoms with E-state index in [2.05, 4.69) is 22.9 Å². The largest absolute Gasteiger partial charge is 0.338 e. The molecule has 0 spiro atoms. The topological polar surface area (TPSA) is 36.4 Å². The van der Waals surface area contributed by atoms with Gasteiger partial charge in [0.15, 0.2) is 0 Å². The second-order valence-corrected chi connectivity index (χ2v) is 11.8. The van der Waals surface area contributed by atoms with Crippen LogP contribution in [0.3, 0.4) is 0 Å². The van der Waals surface area contributed by atoms with Crippen molar-refractivity contribution in [2.75, 3.05) is 26.2 Å². The highest BCUT2D eigenvalue weighted by molar-refractivity contribution is 6.42. The van der Waals surface area contributed by atoms with Crippen LogP contribution in [-0.4, -0.2) is 52.9 Å². The van der Waals surface area contributed by atoms with Crippen LogP contribution in [0, 0.1) is 11.8 Å². The fraction of sp³-hybridized carbons (Fsp3) is 0.429. The Morgan fingerprint density at radius 1 is 0.944 bits per heavy atom. The molecule has 0 bridgehead atoms. The number of carbonyl (C=O) groups is 1. The summed E-state index contributed by atoms with van der Waals surface area (Å²) in [5.74, 6) is 1.18. The molecule has 2 fully saturated rings. The third kappa shape index (κ3) is 5.49. The van der Waals surface area contributed by atoms with Gasteiger partial charge in [-0.25, -0.2) is 0 Å². The summed E-state index contributed by atoms with van der Waals surface area (Å²) in [7, 11) is 0. The van der Waals surface area contributed by atoms with Crippen LogP contribution < -0.4 is 0 Å². The molecule has 190 valence electrons. The van der Waals surface area contributed by atoms with Crippen molar-refractivity contribution >= 4 is 63.2 Å². The second kappa shape index (κ2) is 11.0. The number of hydrogen-bond donors (Lipinski definition) is 0. The van der Waals surface area contributed by atoms with Crippen molar-refractivity contribution in [3.63, 3.8) is 0 Å². The first kappa shape index (κ1) is 26.1. The highest BCUT2D eigenvalue weighted by Crippen LogP contribution is 2.33. The molecule has 2 aliphatic rings. The molecule has 0 radical (unpaired) electrons. The van der Waals surface area contributed by atoms with Gasteiger partial charge in [0, 0.05) is 37.3 Å². The second-order valence-electron chi connectivity index (χ2n) is 10.1. The number of benzene rings is 2. The van der Waals surface area contributed by atoms with Crippen molar-refractivity contribution < 1.29 is 4.79 Å². The van der Waals surface area contributed by atoms with Gasteiger partial charge < -0.3 is 4.90 Å². The lowest BCUT2D eigenvalue weighted by Crippen LogP contribution is -2.51. The maximum absolute atomic E-state index is 13.5. The lowest BCUT2D eigenvalue weighted by Gasteiger charge is -2.44. The van der Waals surface area contributed by atoms with Crippen molar-refractivity contribution in [1.82, 2.24) is 14.8 Å². The SMILES string of the molecule is CC1CN(C2CCN(C(=O)c3c(Cl)ccc4cc(Cl)cnc34)CC2)CCC1Cc1ccc(Cl)c(Cl)c1. The van der Waals surface area contributed by atoms with Crippen LogP contribution in [0.5, 0.6) is 0 Å². The highest BCUT2D eigenvalue weighted by Gasteiger charge is 2.33. The van der Waals surface area contributed by atoms with Gasteiger partial charge in [-0.3, -0.25) is 14.7 Å². The van der Waals surface area contributed by atoms with Gasteiger partial charge in [-0.2, -0.15) is 0 Å². The van der Waals surface area contributed by atoms with Gasteiger partial charge in [-0.1, -0.05) is 65.5 Å². The number of aromatic nitrogens is 1. The Bertz CT molecular complexity index is 1280. The number of likely N-dealkylation sites (tertiary alicyclic amines) is 2. The summed E-state index contributed by atoms with van der Waals surface area (Å²) in [4.78, 5) is 22.4. The molecule has 2 saturated heterocycles. The summed E-state index contributed by atoms with van der Waals surface area (Å²) in [6.45, 7) is 5.98. The zero-order valence-corrected chi connectivity index (χ0v) is 23.2. The molecule has 3 heterocycles. The predicted molar refractivity (Wildman–Crippen MR) is 150 cm³/mol. The van der Waals surface area contributed by atoms with E-state index in [1.165, 1.54) is 12.0 Å². The minimum Gasteiger partial charge on any atom is -0.338 e. The van der Waals surface area contributed by atoms with Crippen LogP contribution in [0.15, 0.2) is 42.6 Å². The molecule has 1 aromatic heterocycles. The van der Waals surface area contributed by atoms with E-state index in [1.54, 1.807) is 12.3 Å². The summed E-state index contributed by atoms with van der Waals surface area (Å²) >= 11 is 24.9. The van der Waals surface area contributed by atoms with Crippen LogP contribution >= 0.6 is 46.4 Å². The van der Waals surface area contributed by atoms with Crippen molar-refractivity contribution in [1.29, 1.82) is 0 Å². The van der Waals surface area contributed by atoms with Crippen molar-refractivity contribution in [2.24, 2.45) is 11.8 Å². The molecular formula is C28H29Cl4N3O. The Hall–Kier alpha value is -1.56. The Labute approximate surface area is 232 Å². The lowest BCUT2D eigenvalue weighted by atomic mass is 9.81. The number of pyridine rings is 1. The molecule has 0 aliphatic carbocycles. The van der Waals surface area contributed by atoms with E-state index in [-0.39, 0.29) is 5.91 Å². The standard InChI is InChI=1S/C28H29Cl4N3O/c1-17-16-35(9-6-19(17)12-18-2-4-23(30)25(32)13-18)22-7-10-34(11-8-22)28(36)26-24(31)5-3-20-14-21(29)15-33-27(20)26/h2-5,13-15,17,19,22H,6-12,16H2,1H3. The molecule has 0 saturated carbocycles. The van der Waals surface area contributed by atoms with Gasteiger partial charge in [0.25, 0.3) is 5.91 Å². The number of nitrogens with zero attached hydrogens (tertiary/aromatic N) is 3. The number of amides is 1. The van der Waals surface area contributed by atoms with E-state index in [0.717, 1.165) is 50.8 Å². The summed E-state index contributed by atoms with van der Waals surface area (Å²) in [6.07, 6.45) is 5.70. The van der Waals surface area contributed by atoms with E-state index >= 15 is 0 Å². The van der Waals surface area contributed by atoms with Crippen LogP contribution in [0.25, 0.3) is 10.9 Å². The maximum Gasteiger partial charge on any atom is 0.257 e. The molecular weight excluding hydrogens is 536 g/mol. The van der Waals surface area contributed by atoms with Gasteiger partial charge >= 0.3 is 0 Å². The third-order valence-corrected chi connectivity index (χ3v) is 9.11. The van der Waals surface area contributed by atoms with Gasteiger partial charge in [0.05, 0.1) is 31.2 Å². The van der Waals surface area contributed by atoms with E-state index in [0.29, 0.717) is 49.0 Å². The number of hydrogen-bond acceptors (Lipinski definition) is 3. The smallest absolute Gasteiger partial charge is 0.257 e. The Morgan fingerprint density at radius 3 is 2.42 bits per heavy atom. The first-order valence-electron chi connectivity index (χ1n) is 12.5. The Balaban J connectivity index is 1.19. The summed E-state index contributed by atoms with van der Waals surface area (Å²) in [5.41, 5.74) is 2.34. The summed E-state index contributed by atoms with van der Waals surface area (Å²) in [5, 5.41) is 3.03. The molecule has 8 heteroatoms. The average molecular weight is 565 g/mol. The summed E-state index contributed by atoms with van der Waals surface area (Å²) in [6, 6.07) is 11.9. The molecule has 2 atom stereocenters. The van der Waals surface area contributed by atoms with Gasteiger partial charge in [-0.05, 0) is 73.9 Å². The van der Waals surface area contributed by atoms with Crippen molar-refractivity contribution in [2.45, 2.75) is 38.6 Å². The Kier molecular flexibility index (Phi) is 8.00. The molecule has 36 heavy (non-hydrogen) atoms. The van der Waals surface area contributed by atoms with Crippen LogP contribution in [0.4, 0.5) is 0 Å². The van der Waals surface area contributed by atoms with Crippen molar-refractivity contribution in [3.05, 3.63) is 73.8 Å². The molecule has 1 amide bonds. The van der Waals surface area contributed by atoms with Gasteiger partial charge in [0.2, 0.25) is 0 Å². The molecule has 2 aromatic carbocycles. The normalized spacial score (nSPS) is 21.8. The molecule has 5 rings (SSSR count). The van der Waals surface area contributed by atoms with Crippen LogP contribution in [-0.2, 0) is 6.42 Å². The van der Waals surface area contributed by atoms with Gasteiger partial charge in [0.1, 0.15) is 0 Å². The third-order valence-electron chi connectivity index (χ3n) is 7.85. The predicted octanol–water partition coefficient (Wildman–Crippen LogP) is 7.65. The number of carbonyl (C=O) groups excluding carboxylic acids is 1. The van der Waals surface area contributed by atoms with E-state index in [9.17, 15) is 4.79 Å². The molecule has 0 N–H and O–H groups in total. The first-order chi connectivity index (χ1) is 17.3. The number of piperidine rings is 2. The minimum absolute atomic E-state index is 0.0485. The van der Waals surface area contributed by atoms with E-state index in [1.807, 2.05) is 29.2 Å². The lowest BCUT2D eigenvalue weighted by molar-refractivity contribution is 0.0437. The fourth-order valence-electron chi connectivity index (χ4n) is 5.78. The number of halogens is 4. The van der Waals surface area contributed by atoms with Crippen LogP contribution in [0.1, 0.15) is 42.1 Å². The van der Waals surface area contributed by atoms with Crippen LogP contribution in [0.2, 0.25) is 20.1 Å². The monoisotopic (exact) mass is 563 g/mol. The molecule has 2 unspecified atom stereocenters. The average Bonchev–Trinajstić information content (AvgIpc) is 2.87. The van der Waals surface area contributed by atoms with E-state index < -0.39 is 0 Å². The minimum atomic E-state index is -0.0485. The quantitative estimate of drug-likeness (QED) is 0.326. The fourth-order valence-corrected chi connectivity index (χ4v) is 6.50. The number of fused-ring (bicyclic) bond motifs is 1. The highest BCUT2D eigenvalue weighted by atomic mass is 35.5. The number of rotatable bonds is 4. The zero-order valence-electron chi connectivity index (χ0n) is 20.2. The summed E-state index contributed by atoms with van der Waals surface area (Å²) < 4.78 is 0. The van der Waals surface area contributed by atoms with Gasteiger partial charge in [-0.15, -0.1) is 0 Å². The van der Waals surface area contributed by atoms with Crippen molar-refractivity contribution in [3.8, 4) is 0 Å². The maximum atomic E-state index is 13.5. The first-order valence-corrected chi connectivity index (χ1v) is 14.0. The zero-order chi connectivity index (χ0) is 25.4. The molecule has 3 aromatic rings. The Morgan fingerprint density at radius 2 is 1.69 bits per heavy atom.